The second kappa shape index (κ2) is 4.95. The summed E-state index contributed by atoms with van der Waals surface area (Å²) in [5.74, 6) is -1.77. The summed E-state index contributed by atoms with van der Waals surface area (Å²) in [6, 6.07) is 3.13. The largest absolute Gasteiger partial charge is 0.323 e. The van der Waals surface area contributed by atoms with Gasteiger partial charge < -0.3 is 5.32 Å². The number of aromatic nitrogens is 2. The number of carbonyl (C=O) groups excluding carboxylic acids is 1. The van der Waals surface area contributed by atoms with E-state index in [-0.39, 0.29) is 17.9 Å². The third-order valence-electron chi connectivity index (χ3n) is 2.35. The Morgan fingerprint density at radius 3 is 2.83 bits per heavy atom. The molecule has 0 unspecified atom stereocenters. The standard InChI is InChI=1S/C12H11F2N3O/c1-17-7-10(6-15-17)16-12(18)4-8-2-3-9(13)5-11(8)14/h2-3,5-7H,4H2,1H3,(H,16,18). The molecule has 4 nitrogen and oxygen atoms in total. The molecule has 0 saturated carbocycles. The maximum Gasteiger partial charge on any atom is 0.228 e. The molecule has 0 fully saturated rings. The molecular formula is C12H11F2N3O. The Balaban J connectivity index is 2.03. The van der Waals surface area contributed by atoms with Gasteiger partial charge in [-0.15, -0.1) is 0 Å². The minimum absolute atomic E-state index is 0.151. The van der Waals surface area contributed by atoms with E-state index in [1.807, 2.05) is 0 Å². The Bertz CT molecular complexity index is 580. The molecule has 2 rings (SSSR count). The Labute approximate surface area is 102 Å². The van der Waals surface area contributed by atoms with Crippen molar-refractivity contribution < 1.29 is 13.6 Å². The van der Waals surface area contributed by atoms with Gasteiger partial charge in [-0.05, 0) is 11.6 Å². The van der Waals surface area contributed by atoms with Crippen molar-refractivity contribution >= 4 is 11.6 Å². The molecule has 0 saturated heterocycles. The highest BCUT2D eigenvalue weighted by molar-refractivity contribution is 5.91. The summed E-state index contributed by atoms with van der Waals surface area (Å²) in [4.78, 5) is 11.6. The number of nitrogens with zero attached hydrogens (tertiary/aromatic N) is 2. The number of hydrogen-bond donors (Lipinski definition) is 1. The number of anilines is 1. The maximum absolute atomic E-state index is 13.3. The van der Waals surface area contributed by atoms with Gasteiger partial charge in [0, 0.05) is 19.3 Å². The van der Waals surface area contributed by atoms with E-state index in [2.05, 4.69) is 10.4 Å². The summed E-state index contributed by atoms with van der Waals surface area (Å²) < 4.78 is 27.5. The molecule has 0 atom stereocenters. The molecule has 18 heavy (non-hydrogen) atoms. The maximum atomic E-state index is 13.3. The highest BCUT2D eigenvalue weighted by Crippen LogP contribution is 2.11. The van der Waals surface area contributed by atoms with Crippen LogP contribution in [0.4, 0.5) is 14.5 Å². The first kappa shape index (κ1) is 12.2. The number of amides is 1. The number of hydrogen-bond acceptors (Lipinski definition) is 2. The fourth-order valence-corrected chi connectivity index (χ4v) is 1.53. The second-order valence-electron chi connectivity index (χ2n) is 3.86. The van der Waals surface area contributed by atoms with Gasteiger partial charge in [-0.2, -0.15) is 5.10 Å². The van der Waals surface area contributed by atoms with Gasteiger partial charge in [0.05, 0.1) is 18.3 Å². The van der Waals surface area contributed by atoms with Crippen LogP contribution < -0.4 is 5.32 Å². The van der Waals surface area contributed by atoms with Crippen molar-refractivity contribution in [1.29, 1.82) is 0 Å². The van der Waals surface area contributed by atoms with Gasteiger partial charge in [0.2, 0.25) is 5.91 Å². The van der Waals surface area contributed by atoms with E-state index in [4.69, 9.17) is 0 Å². The third-order valence-corrected chi connectivity index (χ3v) is 2.35. The predicted molar refractivity (Wildman–Crippen MR) is 61.9 cm³/mol. The van der Waals surface area contributed by atoms with Gasteiger partial charge >= 0.3 is 0 Å². The van der Waals surface area contributed by atoms with E-state index in [1.165, 1.54) is 16.9 Å². The van der Waals surface area contributed by atoms with Gasteiger partial charge in [0.15, 0.2) is 0 Å². The first-order valence-corrected chi connectivity index (χ1v) is 5.27. The van der Waals surface area contributed by atoms with Gasteiger partial charge in [-0.3, -0.25) is 9.48 Å². The number of carbonyl (C=O) groups is 1. The summed E-state index contributed by atoms with van der Waals surface area (Å²) in [5.41, 5.74) is 0.683. The lowest BCUT2D eigenvalue weighted by atomic mass is 10.1. The summed E-state index contributed by atoms with van der Waals surface area (Å²) in [5, 5.41) is 6.45. The molecule has 1 N–H and O–H groups in total. The van der Waals surface area contributed by atoms with Gasteiger partial charge in [-0.1, -0.05) is 6.07 Å². The van der Waals surface area contributed by atoms with Crippen molar-refractivity contribution in [2.45, 2.75) is 6.42 Å². The lowest BCUT2D eigenvalue weighted by Gasteiger charge is -2.04. The predicted octanol–water partition coefficient (Wildman–Crippen LogP) is 1.88. The molecule has 0 spiro atoms. The molecular weight excluding hydrogens is 240 g/mol. The molecule has 1 heterocycles. The van der Waals surface area contributed by atoms with E-state index in [0.717, 1.165) is 12.1 Å². The Morgan fingerprint density at radius 1 is 1.44 bits per heavy atom. The van der Waals surface area contributed by atoms with Crippen molar-refractivity contribution in [3.63, 3.8) is 0 Å². The third kappa shape index (κ3) is 2.91. The summed E-state index contributed by atoms with van der Waals surface area (Å²) in [6.45, 7) is 0. The lowest BCUT2D eigenvalue weighted by molar-refractivity contribution is -0.115. The molecule has 2 aromatic rings. The molecule has 1 aromatic carbocycles. The zero-order valence-electron chi connectivity index (χ0n) is 9.65. The summed E-state index contributed by atoms with van der Waals surface area (Å²) >= 11 is 0. The quantitative estimate of drug-likeness (QED) is 0.905. The van der Waals surface area contributed by atoms with Crippen molar-refractivity contribution in [3.05, 3.63) is 47.8 Å². The van der Waals surface area contributed by atoms with Crippen LogP contribution in [0.25, 0.3) is 0 Å². The Morgan fingerprint density at radius 2 is 2.22 bits per heavy atom. The van der Waals surface area contributed by atoms with Crippen LogP contribution in [-0.2, 0) is 18.3 Å². The molecule has 0 aliphatic rings. The van der Waals surface area contributed by atoms with Crippen molar-refractivity contribution in [1.82, 2.24) is 9.78 Å². The average molecular weight is 251 g/mol. The van der Waals surface area contributed by atoms with Crippen LogP contribution in [0.15, 0.2) is 30.6 Å². The van der Waals surface area contributed by atoms with Crippen molar-refractivity contribution in [2.75, 3.05) is 5.32 Å². The molecule has 1 aromatic heterocycles. The summed E-state index contributed by atoms with van der Waals surface area (Å²) in [7, 11) is 1.72. The van der Waals surface area contributed by atoms with E-state index in [1.54, 1.807) is 13.2 Å². The van der Waals surface area contributed by atoms with Gasteiger partial charge in [-0.25, -0.2) is 8.78 Å². The molecule has 0 aliphatic carbocycles. The minimum Gasteiger partial charge on any atom is -0.323 e. The van der Waals surface area contributed by atoms with Crippen LogP contribution in [0, 0.1) is 11.6 Å². The number of benzene rings is 1. The molecule has 94 valence electrons. The number of aryl methyl sites for hydroxylation is 1. The number of halogens is 2. The zero-order chi connectivity index (χ0) is 13.1. The first-order valence-electron chi connectivity index (χ1n) is 5.27. The first-order chi connectivity index (χ1) is 8.54. The van der Waals surface area contributed by atoms with E-state index in [0.29, 0.717) is 5.69 Å². The minimum atomic E-state index is -0.726. The van der Waals surface area contributed by atoms with Gasteiger partial charge in [0.1, 0.15) is 11.6 Å². The highest BCUT2D eigenvalue weighted by Gasteiger charge is 2.10. The van der Waals surface area contributed by atoms with Crippen LogP contribution in [0.1, 0.15) is 5.56 Å². The SMILES string of the molecule is Cn1cc(NC(=O)Cc2ccc(F)cc2F)cn1. The van der Waals surface area contributed by atoms with Crippen molar-refractivity contribution in [3.8, 4) is 0 Å². The molecule has 1 amide bonds. The van der Waals surface area contributed by atoms with Crippen LogP contribution in [0.3, 0.4) is 0 Å². The smallest absolute Gasteiger partial charge is 0.228 e. The Hall–Kier alpha value is -2.24. The van der Waals surface area contributed by atoms with Crippen LogP contribution in [0.5, 0.6) is 0 Å². The fraction of sp³-hybridized carbons (Fsp3) is 0.167. The van der Waals surface area contributed by atoms with Crippen LogP contribution in [-0.4, -0.2) is 15.7 Å². The van der Waals surface area contributed by atoms with Crippen LogP contribution >= 0.6 is 0 Å². The van der Waals surface area contributed by atoms with E-state index >= 15 is 0 Å². The van der Waals surface area contributed by atoms with Crippen molar-refractivity contribution in [2.24, 2.45) is 7.05 Å². The zero-order valence-corrected chi connectivity index (χ0v) is 9.65. The molecule has 6 heteroatoms. The van der Waals surface area contributed by atoms with E-state index in [9.17, 15) is 13.6 Å². The average Bonchev–Trinajstić information content (AvgIpc) is 2.68. The molecule has 0 bridgehead atoms. The monoisotopic (exact) mass is 251 g/mol. The second-order valence-corrected chi connectivity index (χ2v) is 3.86. The fourth-order valence-electron chi connectivity index (χ4n) is 1.53. The molecule has 0 aliphatic heterocycles. The molecule has 0 radical (unpaired) electrons. The topological polar surface area (TPSA) is 46.9 Å². The Kier molecular flexibility index (Phi) is 3.36. The highest BCUT2D eigenvalue weighted by atomic mass is 19.1. The van der Waals surface area contributed by atoms with Crippen LogP contribution in [0.2, 0.25) is 0 Å². The number of nitrogens with one attached hydrogen (secondary N) is 1. The summed E-state index contributed by atoms with van der Waals surface area (Å²) in [6.07, 6.45) is 2.96. The van der Waals surface area contributed by atoms with Gasteiger partial charge in [0.25, 0.3) is 0 Å². The normalized spacial score (nSPS) is 10.4. The van der Waals surface area contributed by atoms with E-state index < -0.39 is 11.6 Å². The number of rotatable bonds is 3. The lowest BCUT2D eigenvalue weighted by Crippen LogP contribution is -2.14.